The third-order valence-corrected chi connectivity index (χ3v) is 3.18. The largest absolute Gasteiger partial charge is 0.338 e. The number of fused-ring (bicyclic) bond motifs is 1. The number of halogens is 2. The summed E-state index contributed by atoms with van der Waals surface area (Å²) < 4.78 is 13.9. The van der Waals surface area contributed by atoms with Crippen molar-refractivity contribution in [2.75, 3.05) is 0 Å². The molecule has 0 atom stereocenters. The minimum Gasteiger partial charge on any atom is -0.338 e. The van der Waals surface area contributed by atoms with Gasteiger partial charge in [0.05, 0.1) is 21.5 Å². The summed E-state index contributed by atoms with van der Waals surface area (Å²) in [5.74, 6) is -0.442. The summed E-state index contributed by atoms with van der Waals surface area (Å²) in [6, 6.07) is 9.15. The van der Waals surface area contributed by atoms with Gasteiger partial charge < -0.3 is 4.98 Å². The molecule has 2 aromatic carbocycles. The van der Waals surface area contributed by atoms with E-state index in [1.165, 1.54) is 0 Å². The van der Waals surface area contributed by atoms with E-state index < -0.39 is 10.7 Å². The van der Waals surface area contributed by atoms with Crippen LogP contribution in [0.5, 0.6) is 0 Å². The predicted octanol–water partition coefficient (Wildman–Crippen LogP) is 3.93. The lowest BCUT2D eigenvalue weighted by Crippen LogP contribution is -1.94. The van der Waals surface area contributed by atoms with Crippen LogP contribution in [0.2, 0.25) is 5.02 Å². The van der Waals surface area contributed by atoms with Crippen LogP contribution in [0, 0.1) is 15.9 Å². The van der Waals surface area contributed by atoms with Crippen LogP contribution in [0.15, 0.2) is 36.4 Å². The smallest absolute Gasteiger partial charge is 0.288 e. The quantitative estimate of drug-likeness (QED) is 0.574. The molecule has 3 rings (SSSR count). The molecule has 0 saturated heterocycles. The maximum absolute atomic E-state index is 13.9. The zero-order valence-electron chi connectivity index (χ0n) is 9.93. The van der Waals surface area contributed by atoms with Gasteiger partial charge in [0.1, 0.15) is 16.7 Å². The van der Waals surface area contributed by atoms with Crippen LogP contribution in [0.1, 0.15) is 0 Å². The molecule has 0 saturated carbocycles. The second kappa shape index (κ2) is 4.57. The molecule has 0 spiro atoms. The first kappa shape index (κ1) is 12.6. The molecule has 1 N–H and O–H groups in total. The Morgan fingerprint density at radius 2 is 2.05 bits per heavy atom. The number of nitrogens with zero attached hydrogens (tertiary/aromatic N) is 2. The minimum atomic E-state index is -0.667. The van der Waals surface area contributed by atoms with Gasteiger partial charge in [-0.1, -0.05) is 23.7 Å². The highest BCUT2D eigenvalue weighted by Gasteiger charge is 2.19. The highest BCUT2D eigenvalue weighted by molar-refractivity contribution is 6.32. The van der Waals surface area contributed by atoms with Gasteiger partial charge in [-0.2, -0.15) is 0 Å². The van der Waals surface area contributed by atoms with Gasteiger partial charge in [0.15, 0.2) is 0 Å². The maximum atomic E-state index is 13.9. The van der Waals surface area contributed by atoms with E-state index in [0.29, 0.717) is 5.52 Å². The second-order valence-corrected chi connectivity index (χ2v) is 4.55. The summed E-state index contributed by atoms with van der Waals surface area (Å²) >= 11 is 5.65. The van der Waals surface area contributed by atoms with Gasteiger partial charge in [-0.15, -0.1) is 0 Å². The number of para-hydroxylation sites is 2. The minimum absolute atomic E-state index is 0.0114. The van der Waals surface area contributed by atoms with Crippen molar-refractivity contribution in [2.45, 2.75) is 0 Å². The van der Waals surface area contributed by atoms with Crippen molar-refractivity contribution in [1.82, 2.24) is 9.97 Å². The number of nitrogens with one attached hydrogen (secondary N) is 1. The van der Waals surface area contributed by atoms with E-state index in [1.54, 1.807) is 18.2 Å². The fourth-order valence-electron chi connectivity index (χ4n) is 1.94. The molecule has 20 heavy (non-hydrogen) atoms. The van der Waals surface area contributed by atoms with Crippen molar-refractivity contribution in [2.24, 2.45) is 0 Å². The number of nitro groups is 1. The third kappa shape index (κ3) is 2.00. The van der Waals surface area contributed by atoms with E-state index in [1.807, 2.05) is 6.07 Å². The van der Waals surface area contributed by atoms with Gasteiger partial charge in [0.2, 0.25) is 0 Å². The SMILES string of the molecule is O=[N+]([O-])c1cc(-c2nc3ccccc3[nH]2)c(F)cc1Cl. The molecule has 0 bridgehead atoms. The van der Waals surface area contributed by atoms with Crippen LogP contribution in [0.25, 0.3) is 22.4 Å². The molecule has 1 heterocycles. The van der Waals surface area contributed by atoms with Crippen LogP contribution in [0.3, 0.4) is 0 Å². The summed E-state index contributed by atoms with van der Waals surface area (Å²) in [5.41, 5.74) is 1.03. The van der Waals surface area contributed by atoms with Crippen molar-refractivity contribution >= 4 is 28.3 Å². The molecule has 7 heteroatoms. The lowest BCUT2D eigenvalue weighted by Gasteiger charge is -2.01. The van der Waals surface area contributed by atoms with Crippen molar-refractivity contribution in [1.29, 1.82) is 0 Å². The monoisotopic (exact) mass is 291 g/mol. The Kier molecular flexibility index (Phi) is 2.87. The average molecular weight is 292 g/mol. The van der Waals surface area contributed by atoms with Crippen LogP contribution in [0.4, 0.5) is 10.1 Å². The molecule has 1 aromatic heterocycles. The molecule has 3 aromatic rings. The number of aromatic amines is 1. The van der Waals surface area contributed by atoms with Crippen molar-refractivity contribution < 1.29 is 9.31 Å². The topological polar surface area (TPSA) is 71.8 Å². The van der Waals surface area contributed by atoms with Gasteiger partial charge in [-0.25, -0.2) is 9.37 Å². The van der Waals surface area contributed by atoms with Gasteiger partial charge in [-0.3, -0.25) is 10.1 Å². The molecule has 0 fully saturated rings. The third-order valence-electron chi connectivity index (χ3n) is 2.88. The number of hydrogen-bond acceptors (Lipinski definition) is 3. The van der Waals surface area contributed by atoms with Crippen LogP contribution >= 0.6 is 11.6 Å². The summed E-state index contributed by atoms with van der Waals surface area (Å²) in [7, 11) is 0. The van der Waals surface area contributed by atoms with Gasteiger partial charge in [0.25, 0.3) is 5.69 Å². The highest BCUT2D eigenvalue weighted by Crippen LogP contribution is 2.32. The summed E-state index contributed by atoms with van der Waals surface area (Å²) in [5, 5.41) is 10.6. The summed E-state index contributed by atoms with van der Waals surface area (Å²) in [6.45, 7) is 0. The number of nitro benzene ring substituents is 1. The molecule has 0 amide bonds. The van der Waals surface area contributed by atoms with Crippen LogP contribution in [-0.2, 0) is 0 Å². The Balaban J connectivity index is 2.22. The standard InChI is InChI=1S/C13H7ClFN3O2/c14-8-6-9(15)7(5-12(8)18(19)20)13-16-10-3-1-2-4-11(10)17-13/h1-6H,(H,16,17). The number of rotatable bonds is 2. The number of benzene rings is 2. The lowest BCUT2D eigenvalue weighted by molar-refractivity contribution is -0.384. The number of hydrogen-bond donors (Lipinski definition) is 1. The Bertz CT molecular complexity index is 799. The van der Waals surface area contributed by atoms with E-state index in [4.69, 9.17) is 11.6 Å². The average Bonchev–Trinajstić information content (AvgIpc) is 2.81. The number of aromatic nitrogens is 2. The van der Waals surface area contributed by atoms with Gasteiger partial charge >= 0.3 is 0 Å². The molecule has 0 aliphatic heterocycles. The molecule has 0 aliphatic carbocycles. The molecule has 0 aliphatic rings. The van der Waals surface area contributed by atoms with E-state index in [0.717, 1.165) is 17.6 Å². The normalized spacial score (nSPS) is 10.9. The Morgan fingerprint density at radius 3 is 2.75 bits per heavy atom. The number of imidazole rings is 1. The molecule has 0 unspecified atom stereocenters. The highest BCUT2D eigenvalue weighted by atomic mass is 35.5. The number of H-pyrrole nitrogens is 1. The molecule has 100 valence electrons. The molecule has 5 nitrogen and oxygen atoms in total. The zero-order valence-corrected chi connectivity index (χ0v) is 10.7. The van der Waals surface area contributed by atoms with E-state index in [9.17, 15) is 14.5 Å². The first-order valence-electron chi connectivity index (χ1n) is 5.65. The Labute approximate surface area is 117 Å². The van der Waals surface area contributed by atoms with Crippen LogP contribution < -0.4 is 0 Å². The zero-order chi connectivity index (χ0) is 14.3. The first-order chi connectivity index (χ1) is 9.56. The van der Waals surface area contributed by atoms with Gasteiger partial charge in [0, 0.05) is 12.1 Å². The molecular formula is C13H7ClFN3O2. The summed E-state index contributed by atoms with van der Waals surface area (Å²) in [4.78, 5) is 17.3. The molecular weight excluding hydrogens is 285 g/mol. The lowest BCUT2D eigenvalue weighted by atomic mass is 10.2. The predicted molar refractivity (Wildman–Crippen MR) is 73.2 cm³/mol. The van der Waals surface area contributed by atoms with E-state index in [2.05, 4.69) is 9.97 Å². The van der Waals surface area contributed by atoms with Crippen molar-refractivity contribution in [3.05, 3.63) is 57.4 Å². The maximum Gasteiger partial charge on any atom is 0.288 e. The summed E-state index contributed by atoms with van der Waals surface area (Å²) in [6.07, 6.45) is 0. The van der Waals surface area contributed by atoms with E-state index in [-0.39, 0.29) is 22.1 Å². The van der Waals surface area contributed by atoms with Crippen molar-refractivity contribution in [3.63, 3.8) is 0 Å². The fraction of sp³-hybridized carbons (Fsp3) is 0. The Morgan fingerprint density at radius 1 is 1.30 bits per heavy atom. The second-order valence-electron chi connectivity index (χ2n) is 4.14. The van der Waals surface area contributed by atoms with Gasteiger partial charge in [-0.05, 0) is 12.1 Å². The first-order valence-corrected chi connectivity index (χ1v) is 6.02. The molecule has 0 radical (unpaired) electrons. The fourth-order valence-corrected chi connectivity index (χ4v) is 2.16. The Hall–Kier alpha value is -2.47. The van der Waals surface area contributed by atoms with Crippen LogP contribution in [-0.4, -0.2) is 14.9 Å². The van der Waals surface area contributed by atoms with E-state index >= 15 is 0 Å². The van der Waals surface area contributed by atoms with Crippen molar-refractivity contribution in [3.8, 4) is 11.4 Å².